The Balaban J connectivity index is 1.80. The third-order valence-electron chi connectivity index (χ3n) is 4.27. The van der Waals surface area contributed by atoms with Gasteiger partial charge in [-0.05, 0) is 25.0 Å². The maximum atomic E-state index is 9.91. The van der Waals surface area contributed by atoms with Crippen molar-refractivity contribution in [2.45, 2.75) is 18.9 Å². The summed E-state index contributed by atoms with van der Waals surface area (Å²) >= 11 is 0. The number of aromatic nitrogens is 4. The van der Waals surface area contributed by atoms with E-state index in [9.17, 15) is 5.11 Å². The lowest BCUT2D eigenvalue weighted by Crippen LogP contribution is -2.39. The highest BCUT2D eigenvalue weighted by Gasteiger charge is 2.23. The molecule has 1 N–H and O–H groups in total. The van der Waals surface area contributed by atoms with Crippen LogP contribution in [0.4, 0.5) is 5.95 Å². The van der Waals surface area contributed by atoms with Crippen LogP contribution in [0.2, 0.25) is 0 Å². The van der Waals surface area contributed by atoms with Gasteiger partial charge in [-0.1, -0.05) is 0 Å². The number of β-amino-alcohol motifs (C(OH)–C–C–N with tert-alkyl or cyclic N) is 1. The average Bonchev–Trinajstić information content (AvgIpc) is 3.26. The third kappa shape index (κ3) is 2.67. The Morgan fingerprint density at radius 2 is 2.25 bits per heavy atom. The number of aryl methyl sites for hydroxylation is 1. The fraction of sp³-hybridized carbons (Fsp3) is 0.353. The first kappa shape index (κ1) is 14.9. The summed E-state index contributed by atoms with van der Waals surface area (Å²) in [6.07, 6.45) is 8.47. The monoisotopic (exact) mass is 325 g/mol. The van der Waals surface area contributed by atoms with E-state index in [4.69, 9.17) is 9.40 Å². The van der Waals surface area contributed by atoms with Crippen molar-refractivity contribution < 1.29 is 9.52 Å². The normalized spacial score (nSPS) is 18.1. The van der Waals surface area contributed by atoms with Crippen molar-refractivity contribution in [2.24, 2.45) is 7.05 Å². The fourth-order valence-corrected chi connectivity index (χ4v) is 3.05. The van der Waals surface area contributed by atoms with E-state index in [1.807, 2.05) is 34.8 Å². The molecule has 1 fully saturated rings. The van der Waals surface area contributed by atoms with Crippen LogP contribution < -0.4 is 4.90 Å². The molecule has 0 spiro atoms. The number of nitrogens with zero attached hydrogens (tertiary/aromatic N) is 5. The molecule has 0 aliphatic carbocycles. The largest absolute Gasteiger partial charge is 0.463 e. The first-order valence-corrected chi connectivity index (χ1v) is 8.04. The highest BCUT2D eigenvalue weighted by molar-refractivity contribution is 5.75. The van der Waals surface area contributed by atoms with Gasteiger partial charge < -0.3 is 19.0 Å². The Bertz CT molecular complexity index is 827. The molecule has 1 aliphatic heterocycles. The number of hydrogen-bond donors (Lipinski definition) is 1. The molecule has 0 radical (unpaired) electrons. The molecule has 1 aliphatic rings. The summed E-state index contributed by atoms with van der Waals surface area (Å²) in [7, 11) is 1.93. The van der Waals surface area contributed by atoms with Crippen LogP contribution in [0, 0.1) is 0 Å². The summed E-state index contributed by atoms with van der Waals surface area (Å²) in [5.41, 5.74) is 1.53. The van der Waals surface area contributed by atoms with E-state index in [1.54, 1.807) is 18.7 Å². The molecule has 0 aromatic carbocycles. The summed E-state index contributed by atoms with van der Waals surface area (Å²) in [5, 5.41) is 9.91. The van der Waals surface area contributed by atoms with Gasteiger partial charge >= 0.3 is 0 Å². The Kier molecular flexibility index (Phi) is 3.78. The number of hydrogen-bond acceptors (Lipinski definition) is 6. The highest BCUT2D eigenvalue weighted by Crippen LogP contribution is 2.31. The molecule has 4 rings (SSSR count). The van der Waals surface area contributed by atoms with Crippen molar-refractivity contribution in [3.8, 4) is 22.8 Å². The second-order valence-electron chi connectivity index (χ2n) is 6.01. The van der Waals surface area contributed by atoms with E-state index in [0.29, 0.717) is 23.9 Å². The van der Waals surface area contributed by atoms with Crippen molar-refractivity contribution >= 4 is 5.95 Å². The van der Waals surface area contributed by atoms with Crippen molar-refractivity contribution in [2.75, 3.05) is 18.0 Å². The van der Waals surface area contributed by atoms with Gasteiger partial charge in [0.1, 0.15) is 11.5 Å². The van der Waals surface area contributed by atoms with E-state index in [-0.39, 0.29) is 6.10 Å². The van der Waals surface area contributed by atoms with Crippen LogP contribution in [-0.2, 0) is 7.05 Å². The van der Waals surface area contributed by atoms with Crippen molar-refractivity contribution in [3.63, 3.8) is 0 Å². The molecule has 3 aromatic heterocycles. The molecule has 0 bridgehead atoms. The number of aliphatic hydroxyl groups is 1. The lowest BCUT2D eigenvalue weighted by Gasteiger charge is -2.30. The minimum Gasteiger partial charge on any atom is -0.463 e. The van der Waals surface area contributed by atoms with E-state index in [0.717, 1.165) is 30.8 Å². The Hall–Kier alpha value is -2.67. The Morgan fingerprint density at radius 3 is 2.96 bits per heavy atom. The zero-order valence-corrected chi connectivity index (χ0v) is 13.5. The minimum atomic E-state index is -0.330. The topological polar surface area (TPSA) is 80.2 Å². The van der Waals surface area contributed by atoms with Gasteiger partial charge in [0.2, 0.25) is 5.95 Å². The minimum absolute atomic E-state index is 0.330. The zero-order chi connectivity index (χ0) is 16.5. The van der Waals surface area contributed by atoms with Gasteiger partial charge in [-0.3, -0.25) is 0 Å². The molecule has 4 heterocycles. The van der Waals surface area contributed by atoms with Crippen LogP contribution in [0.3, 0.4) is 0 Å². The Labute approximate surface area is 139 Å². The summed E-state index contributed by atoms with van der Waals surface area (Å²) in [6, 6.07) is 3.72. The zero-order valence-electron chi connectivity index (χ0n) is 13.5. The number of rotatable bonds is 3. The van der Waals surface area contributed by atoms with E-state index >= 15 is 0 Å². The maximum Gasteiger partial charge on any atom is 0.226 e. The highest BCUT2D eigenvalue weighted by atomic mass is 16.3. The summed E-state index contributed by atoms with van der Waals surface area (Å²) in [5.74, 6) is 2.07. The molecule has 0 amide bonds. The van der Waals surface area contributed by atoms with Gasteiger partial charge in [0.05, 0.1) is 17.9 Å². The molecular formula is C17H19N5O2. The lowest BCUT2D eigenvalue weighted by atomic mass is 10.1. The number of aliphatic hydroxyl groups excluding tert-OH is 1. The van der Waals surface area contributed by atoms with Gasteiger partial charge in [0.15, 0.2) is 5.76 Å². The molecule has 7 nitrogen and oxygen atoms in total. The standard InChI is InChI=1S/C17H19N5O2/c1-21-8-6-18-16(21)13-10-19-17(22-7-2-4-12(23)11-22)20-15(13)14-5-3-9-24-14/h3,5-6,8-10,12,23H,2,4,7,11H2,1H3. The van der Waals surface area contributed by atoms with Crippen molar-refractivity contribution in [1.29, 1.82) is 0 Å². The number of furan rings is 1. The molecule has 3 aromatic rings. The lowest BCUT2D eigenvalue weighted by molar-refractivity contribution is 0.153. The molecule has 1 unspecified atom stereocenters. The van der Waals surface area contributed by atoms with Crippen LogP contribution in [-0.4, -0.2) is 43.8 Å². The number of anilines is 1. The molecule has 24 heavy (non-hydrogen) atoms. The van der Waals surface area contributed by atoms with Crippen molar-refractivity contribution in [1.82, 2.24) is 19.5 Å². The summed E-state index contributed by atoms with van der Waals surface area (Å²) in [4.78, 5) is 15.7. The molecule has 1 saturated heterocycles. The predicted octanol–water partition coefficient (Wildman–Crippen LogP) is 2.10. The van der Waals surface area contributed by atoms with Crippen molar-refractivity contribution in [3.05, 3.63) is 37.0 Å². The van der Waals surface area contributed by atoms with Gasteiger partial charge in [0.25, 0.3) is 0 Å². The predicted molar refractivity (Wildman–Crippen MR) is 89.4 cm³/mol. The molecule has 0 saturated carbocycles. The quantitative estimate of drug-likeness (QED) is 0.794. The average molecular weight is 325 g/mol. The third-order valence-corrected chi connectivity index (χ3v) is 4.27. The van der Waals surface area contributed by atoms with Crippen LogP contribution in [0.25, 0.3) is 22.8 Å². The number of piperidine rings is 1. The smallest absolute Gasteiger partial charge is 0.226 e. The van der Waals surface area contributed by atoms with Gasteiger partial charge in [-0.2, -0.15) is 0 Å². The first-order valence-electron chi connectivity index (χ1n) is 8.04. The van der Waals surface area contributed by atoms with Crippen LogP contribution >= 0.6 is 0 Å². The molecule has 7 heteroatoms. The van der Waals surface area contributed by atoms with Gasteiger partial charge in [-0.25, -0.2) is 15.0 Å². The van der Waals surface area contributed by atoms with Crippen LogP contribution in [0.15, 0.2) is 41.4 Å². The fourth-order valence-electron chi connectivity index (χ4n) is 3.05. The maximum absolute atomic E-state index is 9.91. The Morgan fingerprint density at radius 1 is 1.33 bits per heavy atom. The van der Waals surface area contributed by atoms with Gasteiger partial charge in [0, 0.05) is 38.7 Å². The second kappa shape index (κ2) is 6.09. The first-order chi connectivity index (χ1) is 11.7. The summed E-state index contributed by atoms with van der Waals surface area (Å²) in [6.45, 7) is 1.40. The number of imidazole rings is 1. The SMILES string of the molecule is Cn1ccnc1-c1cnc(N2CCCC(O)C2)nc1-c1ccco1. The molecular weight excluding hydrogens is 306 g/mol. The summed E-state index contributed by atoms with van der Waals surface area (Å²) < 4.78 is 7.49. The van der Waals surface area contributed by atoms with E-state index < -0.39 is 0 Å². The molecule has 1 atom stereocenters. The second-order valence-corrected chi connectivity index (χ2v) is 6.01. The van der Waals surface area contributed by atoms with Gasteiger partial charge in [-0.15, -0.1) is 0 Å². The van der Waals surface area contributed by atoms with Crippen LogP contribution in [0.1, 0.15) is 12.8 Å². The molecule has 124 valence electrons. The van der Waals surface area contributed by atoms with E-state index in [2.05, 4.69) is 9.97 Å². The van der Waals surface area contributed by atoms with Crippen LogP contribution in [0.5, 0.6) is 0 Å². The van der Waals surface area contributed by atoms with E-state index in [1.165, 1.54) is 0 Å².